The van der Waals surface area contributed by atoms with Gasteiger partial charge in [0.1, 0.15) is 12.3 Å². The minimum Gasteiger partial charge on any atom is -0.482 e. The first-order valence-corrected chi connectivity index (χ1v) is 10.4. The summed E-state index contributed by atoms with van der Waals surface area (Å²) in [5.41, 5.74) is 0.723. The van der Waals surface area contributed by atoms with E-state index in [1.807, 2.05) is 0 Å². The molecule has 1 aromatic heterocycles. The van der Waals surface area contributed by atoms with Crippen LogP contribution in [0, 0.1) is 0 Å². The fraction of sp³-hybridized carbons (Fsp3) is 0.211. The largest absolute Gasteiger partial charge is 0.482 e. The first kappa shape index (κ1) is 21.6. The lowest BCUT2D eigenvalue weighted by molar-refractivity contribution is -0.143. The second-order valence-electron chi connectivity index (χ2n) is 5.76. The molecule has 0 aliphatic rings. The Labute approximate surface area is 185 Å². The zero-order valence-corrected chi connectivity index (χ0v) is 18.2. The fourth-order valence-electron chi connectivity index (χ4n) is 2.49. The van der Waals surface area contributed by atoms with Crippen molar-refractivity contribution >= 4 is 68.2 Å². The number of rotatable bonds is 6. The van der Waals surface area contributed by atoms with Gasteiger partial charge in [-0.1, -0.05) is 46.1 Å². The van der Waals surface area contributed by atoms with E-state index < -0.39 is 11.9 Å². The van der Waals surface area contributed by atoms with Crippen LogP contribution in [0.4, 0.5) is 0 Å². The summed E-state index contributed by atoms with van der Waals surface area (Å²) in [6, 6.07) is 9.91. The number of thiazole rings is 1. The number of aromatic nitrogens is 1. The lowest BCUT2D eigenvalue weighted by Gasteiger charge is -2.06. The van der Waals surface area contributed by atoms with E-state index in [4.69, 9.17) is 44.3 Å². The molecule has 0 N–H and O–H groups in total. The Balaban J connectivity index is 1.89. The number of fused-ring (bicyclic) bond motifs is 1. The smallest absolute Gasteiger partial charge is 0.326 e. The first-order valence-electron chi connectivity index (χ1n) is 8.47. The van der Waals surface area contributed by atoms with E-state index in [-0.39, 0.29) is 19.8 Å². The maximum absolute atomic E-state index is 12.4. The molecule has 0 fully saturated rings. The number of amides is 1. The highest BCUT2D eigenvalue weighted by Gasteiger charge is 2.13. The Bertz CT molecular complexity index is 1140. The lowest BCUT2D eigenvalue weighted by Crippen LogP contribution is -2.24. The van der Waals surface area contributed by atoms with E-state index in [1.54, 1.807) is 41.8 Å². The van der Waals surface area contributed by atoms with Crippen LogP contribution >= 0.6 is 46.1 Å². The highest BCUT2D eigenvalue weighted by molar-refractivity contribution is 7.16. The van der Waals surface area contributed by atoms with Gasteiger partial charge in [-0.2, -0.15) is 4.99 Å². The first-order chi connectivity index (χ1) is 13.9. The molecule has 29 heavy (non-hydrogen) atoms. The molecule has 1 amide bonds. The van der Waals surface area contributed by atoms with Crippen molar-refractivity contribution in [3.05, 3.63) is 56.3 Å². The third kappa shape index (κ3) is 5.51. The van der Waals surface area contributed by atoms with Crippen LogP contribution in [0.25, 0.3) is 10.2 Å². The topological polar surface area (TPSA) is 69.9 Å². The van der Waals surface area contributed by atoms with Crippen molar-refractivity contribution < 1.29 is 19.1 Å². The van der Waals surface area contributed by atoms with Gasteiger partial charge in [-0.3, -0.25) is 9.59 Å². The van der Waals surface area contributed by atoms with Gasteiger partial charge in [0, 0.05) is 10.0 Å². The fourth-order valence-corrected chi connectivity index (χ4v) is 4.28. The summed E-state index contributed by atoms with van der Waals surface area (Å²) < 4.78 is 12.8. The van der Waals surface area contributed by atoms with Crippen molar-refractivity contribution in [3.8, 4) is 5.75 Å². The van der Waals surface area contributed by atoms with E-state index in [0.717, 1.165) is 10.2 Å². The molecule has 152 valence electrons. The molecule has 0 bridgehead atoms. The molecule has 3 aromatic rings. The molecule has 0 spiro atoms. The van der Waals surface area contributed by atoms with Gasteiger partial charge in [-0.05, 0) is 43.3 Å². The molecule has 0 unspecified atom stereocenters. The average molecular weight is 474 g/mol. The third-order valence-electron chi connectivity index (χ3n) is 3.70. The predicted molar refractivity (Wildman–Crippen MR) is 114 cm³/mol. The quantitative estimate of drug-likeness (QED) is 0.485. The molecule has 0 atom stereocenters. The molecular weight excluding hydrogens is 459 g/mol. The summed E-state index contributed by atoms with van der Waals surface area (Å²) in [5, 5.41) is 1.29. The maximum atomic E-state index is 12.4. The second-order valence-corrected chi connectivity index (χ2v) is 8.05. The monoisotopic (exact) mass is 472 g/mol. The minimum absolute atomic E-state index is 0.0779. The number of carbonyl (C=O) groups excluding carboxylic acids is 2. The number of benzene rings is 2. The molecule has 0 saturated carbocycles. The van der Waals surface area contributed by atoms with Crippen LogP contribution in [-0.4, -0.2) is 29.7 Å². The van der Waals surface area contributed by atoms with Gasteiger partial charge in [-0.15, -0.1) is 0 Å². The molecular formula is C19H15Cl3N2O4S. The van der Waals surface area contributed by atoms with Crippen LogP contribution in [0.15, 0.2) is 41.4 Å². The van der Waals surface area contributed by atoms with Crippen molar-refractivity contribution in [1.82, 2.24) is 4.57 Å². The maximum Gasteiger partial charge on any atom is 0.326 e. The van der Waals surface area contributed by atoms with E-state index in [9.17, 15) is 9.59 Å². The van der Waals surface area contributed by atoms with E-state index in [2.05, 4.69) is 4.99 Å². The lowest BCUT2D eigenvalue weighted by atomic mass is 10.3. The molecule has 0 aliphatic carbocycles. The van der Waals surface area contributed by atoms with Crippen molar-refractivity contribution in [2.24, 2.45) is 4.99 Å². The molecule has 3 rings (SSSR count). The SMILES string of the molecule is CCOC(=O)Cn1c(=NC(=O)COc2ccc(Cl)cc2Cl)sc2cc(Cl)ccc21. The summed E-state index contributed by atoms with van der Waals surface area (Å²) in [7, 11) is 0. The van der Waals surface area contributed by atoms with Gasteiger partial charge < -0.3 is 14.0 Å². The number of nitrogens with zero attached hydrogens (tertiary/aromatic N) is 2. The Morgan fingerprint density at radius 1 is 1.10 bits per heavy atom. The van der Waals surface area contributed by atoms with Crippen LogP contribution in [-0.2, 0) is 20.9 Å². The van der Waals surface area contributed by atoms with Gasteiger partial charge in [-0.25, -0.2) is 0 Å². The summed E-state index contributed by atoms with van der Waals surface area (Å²) >= 11 is 19.2. The number of esters is 1. The third-order valence-corrected chi connectivity index (χ3v) is 5.51. The zero-order valence-electron chi connectivity index (χ0n) is 15.2. The van der Waals surface area contributed by atoms with E-state index in [0.29, 0.717) is 25.6 Å². The van der Waals surface area contributed by atoms with Crippen LogP contribution < -0.4 is 9.54 Å². The number of ether oxygens (including phenoxy) is 2. The molecule has 0 saturated heterocycles. The van der Waals surface area contributed by atoms with Crippen molar-refractivity contribution in [1.29, 1.82) is 0 Å². The van der Waals surface area contributed by atoms with Gasteiger partial charge in [0.2, 0.25) is 0 Å². The number of hydrogen-bond donors (Lipinski definition) is 0. The van der Waals surface area contributed by atoms with Gasteiger partial charge in [0.25, 0.3) is 5.91 Å². The normalized spacial score (nSPS) is 11.7. The zero-order chi connectivity index (χ0) is 21.0. The Hall–Kier alpha value is -2.06. The molecule has 10 heteroatoms. The van der Waals surface area contributed by atoms with Gasteiger partial charge >= 0.3 is 5.97 Å². The highest BCUT2D eigenvalue weighted by atomic mass is 35.5. The summed E-state index contributed by atoms with van der Waals surface area (Å²) in [6.07, 6.45) is 0. The summed E-state index contributed by atoms with van der Waals surface area (Å²) in [4.78, 5) is 28.8. The van der Waals surface area contributed by atoms with Crippen LogP contribution in [0.2, 0.25) is 15.1 Å². The van der Waals surface area contributed by atoms with Crippen molar-refractivity contribution in [3.63, 3.8) is 0 Å². The molecule has 2 aromatic carbocycles. The van der Waals surface area contributed by atoms with Crippen molar-refractivity contribution in [2.45, 2.75) is 13.5 Å². The molecule has 0 radical (unpaired) electrons. The number of carbonyl (C=O) groups is 2. The van der Waals surface area contributed by atoms with Crippen LogP contribution in [0.3, 0.4) is 0 Å². The second kappa shape index (κ2) is 9.63. The molecule has 1 heterocycles. The summed E-state index contributed by atoms with van der Waals surface area (Å²) in [5.74, 6) is -0.645. The predicted octanol–water partition coefficient (Wildman–Crippen LogP) is 4.73. The Kier molecular flexibility index (Phi) is 7.18. The average Bonchev–Trinajstić information content (AvgIpc) is 2.97. The number of halogens is 3. The number of hydrogen-bond acceptors (Lipinski definition) is 5. The highest BCUT2D eigenvalue weighted by Crippen LogP contribution is 2.27. The Morgan fingerprint density at radius 3 is 2.55 bits per heavy atom. The van der Waals surface area contributed by atoms with Gasteiger partial charge in [0.05, 0.1) is 21.8 Å². The van der Waals surface area contributed by atoms with Crippen LogP contribution in [0.1, 0.15) is 6.92 Å². The van der Waals surface area contributed by atoms with E-state index in [1.165, 1.54) is 17.4 Å². The van der Waals surface area contributed by atoms with Gasteiger partial charge in [0.15, 0.2) is 11.4 Å². The minimum atomic E-state index is -0.536. The van der Waals surface area contributed by atoms with E-state index >= 15 is 0 Å². The standard InChI is InChI=1S/C19H15Cl3N2O4S/c1-2-27-18(26)9-24-14-5-3-12(21)8-16(14)29-19(24)23-17(25)10-28-15-6-4-11(20)7-13(15)22/h3-8H,2,9-10H2,1H3. The Morgan fingerprint density at radius 2 is 1.83 bits per heavy atom. The summed E-state index contributed by atoms with van der Waals surface area (Å²) in [6.45, 7) is 1.58. The van der Waals surface area contributed by atoms with Crippen LogP contribution in [0.5, 0.6) is 5.75 Å². The van der Waals surface area contributed by atoms with Crippen molar-refractivity contribution in [2.75, 3.05) is 13.2 Å². The molecule has 0 aliphatic heterocycles. The molecule has 6 nitrogen and oxygen atoms in total.